The van der Waals surface area contributed by atoms with Crippen molar-refractivity contribution >= 4 is 37.4 Å². The van der Waals surface area contributed by atoms with Crippen molar-refractivity contribution in [2.75, 3.05) is 7.11 Å². The van der Waals surface area contributed by atoms with Crippen LogP contribution in [0.4, 0.5) is 4.39 Å². The Morgan fingerprint density at radius 2 is 2.05 bits per heavy atom. The zero-order valence-corrected chi connectivity index (χ0v) is 13.7. The van der Waals surface area contributed by atoms with Gasteiger partial charge in [-0.1, -0.05) is 18.2 Å². The summed E-state index contributed by atoms with van der Waals surface area (Å²) in [7, 11) is 1.51. The maximum atomic E-state index is 14.2. The maximum absolute atomic E-state index is 14.2. The quantitative estimate of drug-likeness (QED) is 0.719. The smallest absolute Gasteiger partial charge is 0.132 e. The van der Waals surface area contributed by atoms with Gasteiger partial charge in [0.1, 0.15) is 11.6 Å². The van der Waals surface area contributed by atoms with Crippen molar-refractivity contribution in [3.63, 3.8) is 0 Å². The molecule has 0 radical (unpaired) electrons. The molecule has 0 aliphatic rings. The Bertz CT molecular complexity index is 802. The summed E-state index contributed by atoms with van der Waals surface area (Å²) in [6.07, 6.45) is 0. The number of fused-ring (bicyclic) bond motifs is 1. The lowest BCUT2D eigenvalue weighted by Crippen LogP contribution is -2.13. The summed E-state index contributed by atoms with van der Waals surface area (Å²) in [4.78, 5) is 0. The van der Waals surface area contributed by atoms with Crippen LogP contribution in [0.2, 0.25) is 0 Å². The number of ether oxygens (including phenoxy) is 1. The van der Waals surface area contributed by atoms with E-state index >= 15 is 0 Å². The minimum atomic E-state index is -0.501. The van der Waals surface area contributed by atoms with Crippen molar-refractivity contribution in [1.82, 2.24) is 0 Å². The van der Waals surface area contributed by atoms with Gasteiger partial charge in [-0.05, 0) is 44.4 Å². The van der Waals surface area contributed by atoms with Crippen molar-refractivity contribution < 1.29 is 9.13 Å². The van der Waals surface area contributed by atoms with Gasteiger partial charge in [0, 0.05) is 20.8 Å². The predicted octanol–water partition coefficient (Wildman–Crippen LogP) is 4.86. The summed E-state index contributed by atoms with van der Waals surface area (Å²) in [6, 6.07) is 10.2. The average molecular weight is 366 g/mol. The Morgan fingerprint density at radius 3 is 2.76 bits per heavy atom. The van der Waals surface area contributed by atoms with Crippen LogP contribution in [0.5, 0.6) is 5.75 Å². The van der Waals surface area contributed by atoms with Gasteiger partial charge in [-0.2, -0.15) is 0 Å². The molecule has 0 fully saturated rings. The van der Waals surface area contributed by atoms with Crippen LogP contribution >= 0.6 is 27.3 Å². The van der Waals surface area contributed by atoms with Gasteiger partial charge in [0.05, 0.1) is 13.2 Å². The minimum Gasteiger partial charge on any atom is -0.497 e. The van der Waals surface area contributed by atoms with Gasteiger partial charge in [0.15, 0.2) is 0 Å². The number of methoxy groups -OCH3 is 1. The zero-order chi connectivity index (χ0) is 15.0. The number of thiophene rings is 1. The summed E-state index contributed by atoms with van der Waals surface area (Å²) in [5.41, 5.74) is 7.68. The third-order valence-corrected chi connectivity index (χ3v) is 5.43. The molecule has 2 aromatic carbocycles. The molecule has 0 saturated heterocycles. The van der Waals surface area contributed by atoms with E-state index in [-0.39, 0.29) is 5.82 Å². The van der Waals surface area contributed by atoms with Crippen LogP contribution in [-0.4, -0.2) is 7.11 Å². The Kier molecular flexibility index (Phi) is 3.97. The Hall–Kier alpha value is -1.43. The first-order valence-corrected chi connectivity index (χ1v) is 8.03. The van der Waals surface area contributed by atoms with Gasteiger partial charge in [-0.15, -0.1) is 11.3 Å². The van der Waals surface area contributed by atoms with Gasteiger partial charge in [-0.25, -0.2) is 4.39 Å². The number of hydrogen-bond donors (Lipinski definition) is 1. The molecule has 3 rings (SSSR count). The highest BCUT2D eigenvalue weighted by Gasteiger charge is 2.18. The van der Waals surface area contributed by atoms with Gasteiger partial charge in [0.2, 0.25) is 0 Å². The SMILES string of the molecule is COc1ccc(C(N)c2csc3c(Br)cccc23)c(F)c1. The van der Waals surface area contributed by atoms with Crippen LogP contribution in [0.15, 0.2) is 46.3 Å². The topological polar surface area (TPSA) is 35.2 Å². The molecule has 0 spiro atoms. The molecule has 5 heteroatoms. The summed E-state index contributed by atoms with van der Waals surface area (Å²) >= 11 is 5.13. The third kappa shape index (κ3) is 2.57. The second kappa shape index (κ2) is 5.75. The summed E-state index contributed by atoms with van der Waals surface area (Å²) in [6.45, 7) is 0. The molecule has 1 unspecified atom stereocenters. The monoisotopic (exact) mass is 365 g/mol. The van der Waals surface area contributed by atoms with Crippen molar-refractivity contribution in [2.45, 2.75) is 6.04 Å². The Morgan fingerprint density at radius 1 is 1.24 bits per heavy atom. The normalized spacial score (nSPS) is 12.6. The van der Waals surface area contributed by atoms with Crippen molar-refractivity contribution in [2.24, 2.45) is 5.73 Å². The zero-order valence-electron chi connectivity index (χ0n) is 11.3. The molecule has 1 atom stereocenters. The maximum Gasteiger partial charge on any atom is 0.132 e. The van der Waals surface area contributed by atoms with E-state index in [4.69, 9.17) is 10.5 Å². The second-order valence-electron chi connectivity index (χ2n) is 4.67. The summed E-state index contributed by atoms with van der Waals surface area (Å²) < 4.78 is 21.4. The second-order valence-corrected chi connectivity index (χ2v) is 6.41. The van der Waals surface area contributed by atoms with Gasteiger partial charge < -0.3 is 10.5 Å². The van der Waals surface area contributed by atoms with Crippen LogP contribution in [0, 0.1) is 5.82 Å². The fourth-order valence-corrected chi connectivity index (χ4v) is 4.00. The van der Waals surface area contributed by atoms with Gasteiger partial charge >= 0.3 is 0 Å². The summed E-state index contributed by atoms with van der Waals surface area (Å²) in [5, 5.41) is 3.04. The van der Waals surface area contributed by atoms with E-state index in [1.54, 1.807) is 23.5 Å². The van der Waals surface area contributed by atoms with E-state index < -0.39 is 6.04 Å². The fraction of sp³-hybridized carbons (Fsp3) is 0.125. The van der Waals surface area contributed by atoms with Crippen LogP contribution in [0.25, 0.3) is 10.1 Å². The lowest BCUT2D eigenvalue weighted by Gasteiger charge is -2.13. The fourth-order valence-electron chi connectivity index (χ4n) is 2.34. The number of benzene rings is 2. The van der Waals surface area contributed by atoms with Crippen LogP contribution in [0.1, 0.15) is 17.2 Å². The van der Waals surface area contributed by atoms with Crippen molar-refractivity contribution in [3.8, 4) is 5.75 Å². The molecule has 1 aromatic heterocycles. The molecule has 0 saturated carbocycles. The lowest BCUT2D eigenvalue weighted by atomic mass is 9.98. The largest absolute Gasteiger partial charge is 0.497 e. The van der Waals surface area contributed by atoms with E-state index in [2.05, 4.69) is 15.9 Å². The van der Waals surface area contributed by atoms with E-state index in [1.807, 2.05) is 23.6 Å². The highest BCUT2D eigenvalue weighted by molar-refractivity contribution is 9.10. The molecule has 21 heavy (non-hydrogen) atoms. The molecular formula is C16H13BrFNOS. The number of halogens is 2. The molecule has 3 aromatic rings. The minimum absolute atomic E-state index is 0.351. The standard InChI is InChI=1S/C16H13BrFNOS/c1-20-9-5-6-11(14(18)7-9)15(19)12-8-21-16-10(12)3-2-4-13(16)17/h2-8,15H,19H2,1H3. The van der Waals surface area contributed by atoms with E-state index in [1.165, 1.54) is 13.2 Å². The number of hydrogen-bond acceptors (Lipinski definition) is 3. The van der Waals surface area contributed by atoms with E-state index in [9.17, 15) is 4.39 Å². The van der Waals surface area contributed by atoms with Crippen molar-refractivity contribution in [3.05, 3.63) is 63.2 Å². The third-order valence-electron chi connectivity index (χ3n) is 3.46. The predicted molar refractivity (Wildman–Crippen MR) is 88.5 cm³/mol. The molecule has 1 heterocycles. The first kappa shape index (κ1) is 14.5. The number of nitrogens with two attached hydrogens (primary N) is 1. The van der Waals surface area contributed by atoms with Gasteiger partial charge in [0.25, 0.3) is 0 Å². The Labute approximate surface area is 134 Å². The molecule has 0 aliphatic carbocycles. The lowest BCUT2D eigenvalue weighted by molar-refractivity contribution is 0.410. The average Bonchev–Trinajstić information content (AvgIpc) is 2.92. The molecule has 0 amide bonds. The highest BCUT2D eigenvalue weighted by atomic mass is 79.9. The molecule has 2 nitrogen and oxygen atoms in total. The first-order chi connectivity index (χ1) is 10.1. The van der Waals surface area contributed by atoms with E-state index in [0.717, 1.165) is 20.1 Å². The van der Waals surface area contributed by atoms with Crippen molar-refractivity contribution in [1.29, 1.82) is 0 Å². The molecule has 0 bridgehead atoms. The molecule has 2 N–H and O–H groups in total. The summed E-state index contributed by atoms with van der Waals surface area (Å²) in [5.74, 6) is 0.137. The first-order valence-electron chi connectivity index (χ1n) is 6.36. The van der Waals surface area contributed by atoms with Crippen LogP contribution in [0.3, 0.4) is 0 Å². The van der Waals surface area contributed by atoms with Crippen LogP contribution < -0.4 is 10.5 Å². The number of rotatable bonds is 3. The molecule has 0 aliphatic heterocycles. The Balaban J connectivity index is 2.08. The van der Waals surface area contributed by atoms with Crippen LogP contribution in [-0.2, 0) is 0 Å². The van der Waals surface area contributed by atoms with E-state index in [0.29, 0.717) is 11.3 Å². The molecular weight excluding hydrogens is 353 g/mol. The molecule has 108 valence electrons. The highest BCUT2D eigenvalue weighted by Crippen LogP contribution is 2.37. The van der Waals surface area contributed by atoms with Gasteiger partial charge in [-0.3, -0.25) is 0 Å².